The molecular weight excluding hydrogens is 849 g/mol. The van der Waals surface area contributed by atoms with Gasteiger partial charge < -0.3 is 9.80 Å². The van der Waals surface area contributed by atoms with Gasteiger partial charge in [0, 0.05) is 16.9 Å². The fraction of sp³-hybridized carbons (Fsp3) is 0.352. The first-order valence-electron chi connectivity index (χ1n) is 21.5. The van der Waals surface area contributed by atoms with Crippen LogP contribution < -0.4 is 9.80 Å². The molecule has 59 heavy (non-hydrogen) atoms. The Morgan fingerprint density at radius 2 is 1.07 bits per heavy atom. The quantitative estimate of drug-likeness (QED) is 0.113. The van der Waals surface area contributed by atoms with E-state index in [9.17, 15) is 0 Å². The van der Waals surface area contributed by atoms with E-state index < -0.39 is 13.5 Å². The Balaban J connectivity index is 0.000000150. The number of rotatable bonds is 8. The summed E-state index contributed by atoms with van der Waals surface area (Å²) in [5.74, 6) is 0. The van der Waals surface area contributed by atoms with Crippen LogP contribution in [0.3, 0.4) is 0 Å². The second-order valence-electron chi connectivity index (χ2n) is 17.6. The van der Waals surface area contributed by atoms with Crippen molar-refractivity contribution < 1.29 is 13.5 Å². The van der Waals surface area contributed by atoms with Crippen molar-refractivity contribution in [3.63, 3.8) is 0 Å². The van der Waals surface area contributed by atoms with Crippen molar-refractivity contribution >= 4 is 40.4 Å². The summed E-state index contributed by atoms with van der Waals surface area (Å²) < 4.78 is 1.12. The number of allylic oxidation sites excluding steroid dienone is 1. The zero-order chi connectivity index (χ0) is 42.4. The number of nitrogens with zero attached hydrogens (tertiary/aromatic N) is 2. The van der Waals surface area contributed by atoms with E-state index in [2.05, 4.69) is 188 Å². The van der Waals surface area contributed by atoms with Gasteiger partial charge in [-0.25, -0.2) is 13.1 Å². The summed E-state index contributed by atoms with van der Waals surface area (Å²) in [5, 5.41) is 0. The number of aryl methyl sites for hydroxylation is 4. The zero-order valence-corrected chi connectivity index (χ0v) is 40.0. The van der Waals surface area contributed by atoms with E-state index in [0.717, 1.165) is 36.3 Å². The number of hydrogen-bond donors (Lipinski definition) is 0. The predicted molar refractivity (Wildman–Crippen MR) is 255 cm³/mol. The molecule has 2 nitrogen and oxygen atoms in total. The molecule has 1 aliphatic carbocycles. The van der Waals surface area contributed by atoms with Gasteiger partial charge in [-0.1, -0.05) is 134 Å². The molecule has 5 aromatic carbocycles. The number of halogens is 2. The molecule has 0 radical (unpaired) electrons. The van der Waals surface area contributed by atoms with Crippen LogP contribution in [0, 0.1) is 18.5 Å². The second kappa shape index (κ2) is 19.5. The van der Waals surface area contributed by atoms with Crippen LogP contribution in [-0.4, -0.2) is 16.2 Å². The van der Waals surface area contributed by atoms with Crippen LogP contribution in [0.2, 0.25) is 0 Å². The Morgan fingerprint density at radius 3 is 1.56 bits per heavy atom. The van der Waals surface area contributed by atoms with Crippen LogP contribution in [0.1, 0.15) is 120 Å². The fourth-order valence-electron chi connectivity index (χ4n) is 9.45. The zero-order valence-electron chi connectivity index (χ0n) is 36.7. The predicted octanol–water partition coefficient (Wildman–Crippen LogP) is 14.7. The SMILES string of the molecule is CCc1cccc(CC)c1N1[CH-]C(C)(C)CC1(C)C.CCc1cccc(CC)c1N1[CH-]C(C)(c2ccccc2)CC1.[Cl][Ru]([Cl])=[C]1C=C(c2ccccc2)c2ccccc21. The second-order valence-corrected chi connectivity index (χ2v) is 23.4. The first-order chi connectivity index (χ1) is 28.3. The van der Waals surface area contributed by atoms with E-state index in [4.69, 9.17) is 19.4 Å². The minimum absolute atomic E-state index is 0.146. The maximum atomic E-state index is 6.19. The summed E-state index contributed by atoms with van der Waals surface area (Å²) in [5.41, 5.74) is 15.7. The summed E-state index contributed by atoms with van der Waals surface area (Å²) in [4.78, 5) is 5.05. The molecule has 8 rings (SSSR count). The van der Waals surface area contributed by atoms with Crippen LogP contribution in [-0.2, 0) is 44.6 Å². The first-order valence-corrected chi connectivity index (χ1v) is 26.9. The number of fused-ring (bicyclic) bond motifs is 1. The minimum atomic E-state index is -1.88. The summed E-state index contributed by atoms with van der Waals surface area (Å²) in [6, 6.07) is 43.1. The van der Waals surface area contributed by atoms with Crippen LogP contribution in [0.15, 0.2) is 127 Å². The van der Waals surface area contributed by atoms with Crippen molar-refractivity contribution in [3.8, 4) is 0 Å². The first kappa shape index (κ1) is 45.1. The molecule has 314 valence electrons. The third-order valence-electron chi connectivity index (χ3n) is 12.2. The molecule has 0 saturated carbocycles. The van der Waals surface area contributed by atoms with Gasteiger partial charge in [0.05, 0.1) is 0 Å². The Kier molecular flexibility index (Phi) is 14.9. The van der Waals surface area contributed by atoms with Gasteiger partial charge in [0.25, 0.3) is 0 Å². The molecule has 3 aliphatic rings. The molecule has 5 aromatic rings. The van der Waals surface area contributed by atoms with Crippen molar-refractivity contribution in [2.75, 3.05) is 16.3 Å². The number of anilines is 2. The van der Waals surface area contributed by atoms with Gasteiger partial charge in [0.1, 0.15) is 0 Å². The molecule has 1 unspecified atom stereocenters. The maximum absolute atomic E-state index is 6.19. The van der Waals surface area contributed by atoms with Gasteiger partial charge in [-0.3, -0.25) is 0 Å². The molecule has 2 fully saturated rings. The molecule has 2 aliphatic heterocycles. The van der Waals surface area contributed by atoms with E-state index in [1.165, 1.54) is 74.3 Å². The fourth-order valence-corrected chi connectivity index (χ4v) is 11.9. The molecular formula is C54H64Cl2N2Ru-2. The van der Waals surface area contributed by atoms with E-state index in [-0.39, 0.29) is 16.4 Å². The third-order valence-corrected chi connectivity index (χ3v) is 15.3. The molecule has 0 N–H and O–H groups in total. The average molecular weight is 913 g/mol. The summed E-state index contributed by atoms with van der Waals surface area (Å²) in [6.07, 6.45) is 8.93. The van der Waals surface area contributed by atoms with Gasteiger partial charge >= 0.3 is 120 Å². The number of hydrogen-bond acceptors (Lipinski definition) is 2. The van der Waals surface area contributed by atoms with Gasteiger partial charge in [-0.2, -0.15) is 0 Å². The van der Waals surface area contributed by atoms with E-state index >= 15 is 0 Å². The van der Waals surface area contributed by atoms with Crippen LogP contribution >= 0.6 is 19.4 Å². The van der Waals surface area contributed by atoms with Crippen molar-refractivity contribution in [3.05, 3.63) is 185 Å². The molecule has 0 amide bonds. The average Bonchev–Trinajstić information content (AvgIpc) is 3.91. The van der Waals surface area contributed by atoms with Crippen molar-refractivity contribution in [2.45, 2.75) is 112 Å². The van der Waals surface area contributed by atoms with Crippen molar-refractivity contribution in [1.29, 1.82) is 0 Å². The van der Waals surface area contributed by atoms with Crippen LogP contribution in [0.4, 0.5) is 11.4 Å². The van der Waals surface area contributed by atoms with Crippen LogP contribution in [0.5, 0.6) is 0 Å². The number of benzene rings is 5. The number of para-hydroxylation sites is 2. The van der Waals surface area contributed by atoms with Crippen molar-refractivity contribution in [2.24, 2.45) is 5.41 Å². The molecule has 2 heterocycles. The monoisotopic (exact) mass is 912 g/mol. The van der Waals surface area contributed by atoms with Gasteiger partial charge in [0.15, 0.2) is 0 Å². The summed E-state index contributed by atoms with van der Waals surface area (Å²) >= 11 is -1.88. The standard InChI is InChI=1S/C21H26N.C18H28N.C15H10.2ClH.Ru/c1-4-17-10-9-11-18(5-2)20(17)22-15-14-21(3,16-22)19-12-7-6-8-13-19;1-7-14-10-9-11-15(8-2)16(14)19-13-17(3,4)12-18(19,5)6;1-2-6-12(7-3-1)15-11-10-13-8-4-5-9-14(13)15;;;/h6-13,16H,4-5,14-15H2,1-3H3;9-11,13H,7-8,12H2,1-6H3;1-9,11H;2*1H;/q2*-1;;;;+2/p-2. The molecule has 0 aromatic heterocycles. The third kappa shape index (κ3) is 10.2. The van der Waals surface area contributed by atoms with E-state index in [1.54, 1.807) is 0 Å². The van der Waals surface area contributed by atoms with Crippen molar-refractivity contribution in [1.82, 2.24) is 0 Å². The Labute approximate surface area is 370 Å². The van der Waals surface area contributed by atoms with Gasteiger partial charge in [0.2, 0.25) is 0 Å². The van der Waals surface area contributed by atoms with E-state index in [0.29, 0.717) is 0 Å². The summed E-state index contributed by atoms with van der Waals surface area (Å²) in [6.45, 7) is 26.8. The Bertz CT molecular complexity index is 2210. The van der Waals surface area contributed by atoms with Crippen LogP contribution in [0.25, 0.3) is 5.57 Å². The molecule has 0 spiro atoms. The van der Waals surface area contributed by atoms with E-state index in [1.807, 2.05) is 24.3 Å². The van der Waals surface area contributed by atoms with Gasteiger partial charge in [-0.05, 0) is 68.3 Å². The topological polar surface area (TPSA) is 6.48 Å². The molecule has 5 heteroatoms. The normalized spacial score (nSPS) is 19.0. The van der Waals surface area contributed by atoms with Gasteiger partial charge in [-0.15, -0.1) is 10.8 Å². The summed E-state index contributed by atoms with van der Waals surface area (Å²) in [7, 11) is 12.4. The molecule has 1 atom stereocenters. The Morgan fingerprint density at radius 1 is 0.576 bits per heavy atom. The Hall–Kier alpha value is -3.49. The molecule has 0 bridgehead atoms. The molecule has 2 saturated heterocycles.